The van der Waals surface area contributed by atoms with Crippen LogP contribution in [-0.4, -0.2) is 4.57 Å². The van der Waals surface area contributed by atoms with Crippen LogP contribution in [0.4, 0.5) is 42.9 Å². The van der Waals surface area contributed by atoms with Crippen LogP contribution in [0.3, 0.4) is 0 Å². The summed E-state index contributed by atoms with van der Waals surface area (Å²) in [7, 11) is 0. The molecule has 0 spiro atoms. The van der Waals surface area contributed by atoms with E-state index in [1.807, 2.05) is 127 Å². The van der Waals surface area contributed by atoms with Crippen LogP contribution < -0.4 is 9.80 Å². The molecule has 0 amide bonds. The van der Waals surface area contributed by atoms with Crippen molar-refractivity contribution in [2.45, 2.75) is 0 Å². The van der Waals surface area contributed by atoms with Crippen LogP contribution in [0.25, 0.3) is 114 Å². The minimum Gasteiger partial charge on any atom is -0.309 e. The summed E-state index contributed by atoms with van der Waals surface area (Å²) in [6.45, 7) is 0. The van der Waals surface area contributed by atoms with Crippen molar-refractivity contribution in [3.63, 3.8) is 0 Å². The molecule has 436 valence electrons. The minimum absolute atomic E-state index is 0.274. The molecule has 0 aliphatic carbocycles. The van der Waals surface area contributed by atoms with Gasteiger partial charge >= 0.3 is 0 Å². The number of anilines is 6. The first kappa shape index (κ1) is 55.6. The molecule has 17 rings (SSSR count). The monoisotopic (exact) mass is 1200 g/mol. The Bertz CT molecular complexity index is 5540. The molecule has 0 N–H and O–H groups in total. The number of fused-ring (bicyclic) bond motifs is 8. The van der Waals surface area contributed by atoms with Crippen molar-refractivity contribution < 1.29 is 8.78 Å². The molecule has 17 aromatic rings. The smallest absolute Gasteiger partial charge is 0.148 e. The average molecular weight is 1200 g/mol. The molecule has 0 aliphatic rings. The van der Waals surface area contributed by atoms with Gasteiger partial charge in [-0.3, -0.25) is 0 Å². The third kappa shape index (κ3) is 10.2. The van der Waals surface area contributed by atoms with E-state index in [0.717, 1.165) is 111 Å². The third-order valence-corrected chi connectivity index (χ3v) is 18.7. The Morgan fingerprint density at radius 1 is 0.261 bits per heavy atom. The van der Waals surface area contributed by atoms with Crippen LogP contribution in [0, 0.1) is 11.6 Å². The highest BCUT2D eigenvalue weighted by atomic mass is 32.1. The number of para-hydroxylation sites is 2. The number of halogens is 2. The quantitative estimate of drug-likeness (QED) is 0.128. The van der Waals surface area contributed by atoms with E-state index < -0.39 is 0 Å². The van der Waals surface area contributed by atoms with Crippen LogP contribution in [0.1, 0.15) is 0 Å². The van der Waals surface area contributed by atoms with Crippen molar-refractivity contribution in [1.82, 2.24) is 4.57 Å². The van der Waals surface area contributed by atoms with Crippen LogP contribution >= 0.6 is 11.3 Å². The molecule has 2 heterocycles. The first-order chi connectivity index (χ1) is 45.5. The number of nitrogens with zero attached hydrogens (tertiary/aromatic N) is 3. The van der Waals surface area contributed by atoms with Crippen LogP contribution in [-0.2, 0) is 0 Å². The Morgan fingerprint density at radius 3 is 1.18 bits per heavy atom. The molecule has 0 fully saturated rings. The summed E-state index contributed by atoms with van der Waals surface area (Å²) in [5, 5.41) is 9.07. The Balaban J connectivity index is 0.000000148. The van der Waals surface area contributed by atoms with Gasteiger partial charge in [0.05, 0.1) is 33.8 Å². The number of aromatic nitrogens is 1. The van der Waals surface area contributed by atoms with Gasteiger partial charge in [-0.15, -0.1) is 11.3 Å². The van der Waals surface area contributed by atoms with Gasteiger partial charge in [-0.25, -0.2) is 8.78 Å². The van der Waals surface area contributed by atoms with Gasteiger partial charge in [0.1, 0.15) is 11.6 Å². The highest BCUT2D eigenvalue weighted by Gasteiger charge is 2.28. The minimum atomic E-state index is -0.295. The van der Waals surface area contributed by atoms with E-state index in [1.54, 1.807) is 23.5 Å². The molecule has 6 heteroatoms. The molecule has 92 heavy (non-hydrogen) atoms. The predicted molar refractivity (Wildman–Crippen MR) is 386 cm³/mol. The van der Waals surface area contributed by atoms with E-state index >= 15 is 8.78 Å². The number of hydrogen-bond donors (Lipinski definition) is 0. The van der Waals surface area contributed by atoms with Crippen LogP contribution in [0.5, 0.6) is 0 Å². The summed E-state index contributed by atoms with van der Waals surface area (Å²) in [5.74, 6) is -0.568. The summed E-state index contributed by atoms with van der Waals surface area (Å²) >= 11 is 1.77. The second kappa shape index (κ2) is 24.0. The Hall–Kier alpha value is -11.7. The molecule has 0 atom stereocenters. The summed E-state index contributed by atoms with van der Waals surface area (Å²) in [4.78, 5) is 4.22. The lowest BCUT2D eigenvalue weighted by Crippen LogP contribution is -2.14. The number of hydrogen-bond acceptors (Lipinski definition) is 3. The molecular formula is C86H57F2N3S. The Kier molecular flexibility index (Phi) is 14.5. The lowest BCUT2D eigenvalue weighted by molar-refractivity contribution is 0.629. The van der Waals surface area contributed by atoms with Gasteiger partial charge in [0.2, 0.25) is 0 Å². The zero-order valence-electron chi connectivity index (χ0n) is 49.9. The van der Waals surface area contributed by atoms with Gasteiger partial charge in [0, 0.05) is 69.9 Å². The average Bonchev–Trinajstić information content (AvgIpc) is 1.24. The van der Waals surface area contributed by atoms with Crippen molar-refractivity contribution in [3.05, 3.63) is 357 Å². The third-order valence-electron chi connectivity index (χ3n) is 17.5. The molecule has 0 bridgehead atoms. The Labute approximate surface area is 536 Å². The van der Waals surface area contributed by atoms with Gasteiger partial charge in [0.25, 0.3) is 0 Å². The zero-order valence-corrected chi connectivity index (χ0v) is 50.7. The number of benzene rings is 15. The lowest BCUT2D eigenvalue weighted by Gasteiger charge is -2.30. The fourth-order valence-electron chi connectivity index (χ4n) is 13.3. The largest absolute Gasteiger partial charge is 0.309 e. The Morgan fingerprint density at radius 2 is 0.652 bits per heavy atom. The maximum Gasteiger partial charge on any atom is 0.148 e. The van der Waals surface area contributed by atoms with Crippen LogP contribution in [0.2, 0.25) is 0 Å². The van der Waals surface area contributed by atoms with Crippen molar-refractivity contribution in [2.24, 2.45) is 0 Å². The molecule has 0 unspecified atom stereocenters. The normalized spacial score (nSPS) is 11.4. The van der Waals surface area contributed by atoms with Gasteiger partial charge in [0.15, 0.2) is 0 Å². The SMILES string of the molecule is Fc1cc(-c2ccccc2)cc(-c2ccccc2)c1N(c1ccc2c(c1)sc1ccccc12)c1cccc2ccccc12.Fc1cc(-c2ccccc2)cc(-c2ccccc2)c1N(c1ccc2c3ccccc3n(-c3ccccc3)c2c1)c1cccc2ccccc12. The lowest BCUT2D eigenvalue weighted by atomic mass is 9.95. The predicted octanol–water partition coefficient (Wildman–Crippen LogP) is 25.0. The van der Waals surface area contributed by atoms with Gasteiger partial charge < -0.3 is 14.4 Å². The van der Waals surface area contributed by atoms with E-state index in [9.17, 15) is 0 Å². The zero-order chi connectivity index (χ0) is 61.5. The molecule has 0 saturated carbocycles. The summed E-state index contributed by atoms with van der Waals surface area (Å²) in [5.41, 5.74) is 15.1. The van der Waals surface area contributed by atoms with E-state index in [-0.39, 0.29) is 11.6 Å². The molecule has 0 radical (unpaired) electrons. The van der Waals surface area contributed by atoms with Crippen molar-refractivity contribution >= 4 is 109 Å². The fourth-order valence-corrected chi connectivity index (χ4v) is 14.5. The molecule has 15 aromatic carbocycles. The summed E-state index contributed by atoms with van der Waals surface area (Å²) < 4.78 is 39.0. The molecule has 0 aliphatic heterocycles. The fraction of sp³-hybridized carbons (Fsp3) is 0. The van der Waals surface area contributed by atoms with Crippen molar-refractivity contribution in [2.75, 3.05) is 9.80 Å². The standard InChI is InChI=1S/C46H31FN2.C40H26FNS/c47-42-30-35(32-15-4-1-5-16-32)29-41(34-17-6-2-7-18-34)46(42)49(43-26-14-20-33-19-10-11-23-38(33)43)37-27-28-40-39-24-12-13-25-44(39)48(45(40)31-37)36-21-8-3-9-22-36;41-36-25-30(27-12-3-1-4-13-27)24-35(29-14-5-2-6-15-29)40(36)42(37-20-11-17-28-16-7-8-18-32(28)37)31-22-23-34-33-19-9-10-21-38(33)43-39(34)26-31/h1-31H;1-26H. The molecule has 2 aromatic heterocycles. The number of thiophene rings is 1. The van der Waals surface area contributed by atoms with Crippen molar-refractivity contribution in [1.29, 1.82) is 0 Å². The topological polar surface area (TPSA) is 11.4 Å². The highest BCUT2D eigenvalue weighted by Crippen LogP contribution is 2.50. The first-order valence-electron chi connectivity index (χ1n) is 30.9. The maximum absolute atomic E-state index is 17.3. The van der Waals surface area contributed by atoms with E-state index in [0.29, 0.717) is 11.4 Å². The van der Waals surface area contributed by atoms with E-state index in [4.69, 9.17) is 0 Å². The second-order valence-corrected chi connectivity index (χ2v) is 24.1. The second-order valence-electron chi connectivity index (χ2n) is 23.0. The number of rotatable bonds is 11. The van der Waals surface area contributed by atoms with Gasteiger partial charge in [-0.1, -0.05) is 261 Å². The van der Waals surface area contributed by atoms with Crippen LogP contribution in [0.15, 0.2) is 346 Å². The van der Waals surface area contributed by atoms with E-state index in [1.165, 1.54) is 25.6 Å². The summed E-state index contributed by atoms with van der Waals surface area (Å²) in [6, 6.07) is 118. The van der Waals surface area contributed by atoms with Crippen molar-refractivity contribution in [3.8, 4) is 50.2 Å². The molecular weight excluding hydrogens is 1150 g/mol. The molecule has 3 nitrogen and oxygen atoms in total. The van der Waals surface area contributed by atoms with E-state index in [2.05, 4.69) is 221 Å². The maximum atomic E-state index is 17.3. The highest BCUT2D eigenvalue weighted by molar-refractivity contribution is 7.25. The molecule has 0 saturated heterocycles. The summed E-state index contributed by atoms with van der Waals surface area (Å²) in [6.07, 6.45) is 0. The first-order valence-corrected chi connectivity index (χ1v) is 31.8. The van der Waals surface area contributed by atoms with Gasteiger partial charge in [-0.2, -0.15) is 0 Å². The van der Waals surface area contributed by atoms with Gasteiger partial charge in [-0.05, 0) is 129 Å².